The Morgan fingerprint density at radius 2 is 1.70 bits per heavy atom. The van der Waals surface area contributed by atoms with Crippen LogP contribution < -0.4 is 0 Å². The van der Waals surface area contributed by atoms with Crippen molar-refractivity contribution < 1.29 is 9.47 Å². The van der Waals surface area contributed by atoms with Gasteiger partial charge in [0.25, 0.3) is 0 Å². The smallest absolute Gasteiger partial charge is 0.146 e. The highest BCUT2D eigenvalue weighted by Gasteiger charge is 2.09. The molecule has 0 rings (SSSR count). The SMILES string of the molecule is CCOCOCC(C)(C)C. The second kappa shape index (κ2) is 4.69. The Bertz CT molecular complexity index is 73.8. The molecular weight excluding hydrogens is 128 g/mol. The van der Waals surface area contributed by atoms with Crippen LogP contribution in [0, 0.1) is 5.41 Å². The molecule has 0 aliphatic carbocycles. The monoisotopic (exact) mass is 146 g/mol. The lowest BCUT2D eigenvalue weighted by Crippen LogP contribution is -2.15. The van der Waals surface area contributed by atoms with Gasteiger partial charge in [-0.15, -0.1) is 0 Å². The van der Waals surface area contributed by atoms with E-state index in [1.165, 1.54) is 0 Å². The topological polar surface area (TPSA) is 18.5 Å². The third-order valence-corrected chi connectivity index (χ3v) is 0.906. The molecule has 2 nitrogen and oxygen atoms in total. The molecule has 0 aromatic carbocycles. The van der Waals surface area contributed by atoms with Crippen LogP contribution >= 0.6 is 0 Å². The molecule has 0 aromatic heterocycles. The van der Waals surface area contributed by atoms with E-state index >= 15 is 0 Å². The lowest BCUT2D eigenvalue weighted by molar-refractivity contribution is -0.0702. The summed E-state index contributed by atoms with van der Waals surface area (Å²) < 4.78 is 10.2. The first-order chi connectivity index (χ1) is 4.56. The lowest BCUT2D eigenvalue weighted by atomic mass is 9.99. The Balaban J connectivity index is 3.04. The van der Waals surface area contributed by atoms with E-state index in [0.717, 1.165) is 13.2 Å². The van der Waals surface area contributed by atoms with Crippen LogP contribution in [-0.4, -0.2) is 20.0 Å². The predicted molar refractivity (Wildman–Crippen MR) is 41.9 cm³/mol. The Labute approximate surface area is 63.5 Å². The zero-order valence-electron chi connectivity index (χ0n) is 7.44. The first kappa shape index (κ1) is 9.92. The molecular formula is C8H18O2. The van der Waals surface area contributed by atoms with Gasteiger partial charge in [-0.25, -0.2) is 0 Å². The first-order valence-corrected chi connectivity index (χ1v) is 3.72. The normalized spacial score (nSPS) is 12.0. The Kier molecular flexibility index (Phi) is 4.65. The lowest BCUT2D eigenvalue weighted by Gasteiger charge is -2.17. The molecule has 0 atom stereocenters. The van der Waals surface area contributed by atoms with Gasteiger partial charge in [-0.05, 0) is 12.3 Å². The van der Waals surface area contributed by atoms with Crippen LogP contribution in [0.3, 0.4) is 0 Å². The van der Waals surface area contributed by atoms with Gasteiger partial charge in [0, 0.05) is 6.61 Å². The molecule has 0 spiro atoms. The minimum Gasteiger partial charge on any atom is -0.356 e. The Hall–Kier alpha value is -0.0800. The van der Waals surface area contributed by atoms with Crippen LogP contribution in [0.5, 0.6) is 0 Å². The largest absolute Gasteiger partial charge is 0.356 e. The summed E-state index contributed by atoms with van der Waals surface area (Å²) in [6, 6.07) is 0. The summed E-state index contributed by atoms with van der Waals surface area (Å²) in [6.07, 6.45) is 0. The molecule has 0 fully saturated rings. The summed E-state index contributed by atoms with van der Waals surface area (Å²) in [5.74, 6) is 0. The van der Waals surface area contributed by atoms with E-state index in [1.54, 1.807) is 0 Å². The van der Waals surface area contributed by atoms with E-state index in [0.29, 0.717) is 6.79 Å². The molecule has 62 valence electrons. The summed E-state index contributed by atoms with van der Waals surface area (Å²) in [5, 5.41) is 0. The molecule has 0 bridgehead atoms. The molecule has 0 amide bonds. The minimum atomic E-state index is 0.247. The van der Waals surface area contributed by atoms with Crippen LogP contribution in [0.15, 0.2) is 0 Å². The molecule has 2 heteroatoms. The van der Waals surface area contributed by atoms with Crippen molar-refractivity contribution >= 4 is 0 Å². The highest BCUT2D eigenvalue weighted by Crippen LogP contribution is 2.12. The van der Waals surface area contributed by atoms with Crippen molar-refractivity contribution in [3.8, 4) is 0 Å². The molecule has 0 heterocycles. The quantitative estimate of drug-likeness (QED) is 0.446. The average Bonchev–Trinajstić information content (AvgIpc) is 1.78. The van der Waals surface area contributed by atoms with Crippen molar-refractivity contribution in [1.82, 2.24) is 0 Å². The fraction of sp³-hybridized carbons (Fsp3) is 1.00. The van der Waals surface area contributed by atoms with Crippen LogP contribution in [0.1, 0.15) is 27.7 Å². The fourth-order valence-corrected chi connectivity index (χ4v) is 0.490. The van der Waals surface area contributed by atoms with Gasteiger partial charge in [-0.1, -0.05) is 20.8 Å². The van der Waals surface area contributed by atoms with Crippen LogP contribution in [0.2, 0.25) is 0 Å². The predicted octanol–water partition coefficient (Wildman–Crippen LogP) is 2.04. The van der Waals surface area contributed by atoms with Gasteiger partial charge in [0.2, 0.25) is 0 Å². The third kappa shape index (κ3) is 7.92. The fourth-order valence-electron chi connectivity index (χ4n) is 0.490. The van der Waals surface area contributed by atoms with E-state index in [2.05, 4.69) is 20.8 Å². The van der Waals surface area contributed by atoms with E-state index < -0.39 is 0 Å². The number of rotatable bonds is 4. The molecule has 0 radical (unpaired) electrons. The van der Waals surface area contributed by atoms with Crippen LogP contribution in [0.4, 0.5) is 0 Å². The molecule has 0 aromatic rings. The van der Waals surface area contributed by atoms with Gasteiger partial charge in [0.15, 0.2) is 0 Å². The molecule has 0 saturated heterocycles. The van der Waals surface area contributed by atoms with Gasteiger partial charge in [-0.2, -0.15) is 0 Å². The maximum absolute atomic E-state index is 5.22. The van der Waals surface area contributed by atoms with Crippen molar-refractivity contribution in [3.05, 3.63) is 0 Å². The Morgan fingerprint density at radius 3 is 2.10 bits per heavy atom. The zero-order valence-corrected chi connectivity index (χ0v) is 7.44. The second-order valence-electron chi connectivity index (χ2n) is 3.52. The van der Waals surface area contributed by atoms with Crippen molar-refractivity contribution in [2.24, 2.45) is 5.41 Å². The number of hydrogen-bond acceptors (Lipinski definition) is 2. The highest BCUT2D eigenvalue weighted by molar-refractivity contribution is 4.57. The van der Waals surface area contributed by atoms with Crippen LogP contribution in [0.25, 0.3) is 0 Å². The minimum absolute atomic E-state index is 0.247. The summed E-state index contributed by atoms with van der Waals surface area (Å²) in [7, 11) is 0. The molecule has 0 aliphatic heterocycles. The van der Waals surface area contributed by atoms with Crippen LogP contribution in [-0.2, 0) is 9.47 Å². The van der Waals surface area contributed by atoms with Crippen molar-refractivity contribution in [1.29, 1.82) is 0 Å². The molecule has 0 N–H and O–H groups in total. The molecule has 0 saturated carbocycles. The first-order valence-electron chi connectivity index (χ1n) is 3.72. The van der Waals surface area contributed by atoms with Crippen molar-refractivity contribution in [2.45, 2.75) is 27.7 Å². The van der Waals surface area contributed by atoms with Gasteiger partial charge < -0.3 is 9.47 Å². The van der Waals surface area contributed by atoms with Gasteiger partial charge in [0.05, 0.1) is 6.61 Å². The van der Waals surface area contributed by atoms with E-state index in [9.17, 15) is 0 Å². The number of hydrogen-bond donors (Lipinski definition) is 0. The molecule has 0 aliphatic rings. The maximum atomic E-state index is 5.22. The summed E-state index contributed by atoms with van der Waals surface area (Å²) in [6.45, 7) is 10.3. The van der Waals surface area contributed by atoms with Gasteiger partial charge >= 0.3 is 0 Å². The second-order valence-corrected chi connectivity index (χ2v) is 3.52. The zero-order chi connectivity index (χ0) is 8.04. The van der Waals surface area contributed by atoms with Crippen molar-refractivity contribution in [2.75, 3.05) is 20.0 Å². The summed E-state index contributed by atoms with van der Waals surface area (Å²) in [5.41, 5.74) is 0.247. The Morgan fingerprint density at radius 1 is 1.10 bits per heavy atom. The van der Waals surface area contributed by atoms with E-state index in [4.69, 9.17) is 9.47 Å². The third-order valence-electron chi connectivity index (χ3n) is 0.906. The average molecular weight is 146 g/mol. The van der Waals surface area contributed by atoms with Gasteiger partial charge in [-0.3, -0.25) is 0 Å². The standard InChI is InChI=1S/C8H18O2/c1-5-9-7-10-6-8(2,3)4/h5-7H2,1-4H3. The van der Waals surface area contributed by atoms with E-state index in [1.807, 2.05) is 6.92 Å². The number of ether oxygens (including phenoxy) is 2. The molecule has 10 heavy (non-hydrogen) atoms. The molecule has 0 unspecified atom stereocenters. The highest BCUT2D eigenvalue weighted by atomic mass is 16.7. The van der Waals surface area contributed by atoms with E-state index in [-0.39, 0.29) is 5.41 Å². The summed E-state index contributed by atoms with van der Waals surface area (Å²) in [4.78, 5) is 0. The maximum Gasteiger partial charge on any atom is 0.146 e. The van der Waals surface area contributed by atoms with Crippen molar-refractivity contribution in [3.63, 3.8) is 0 Å². The van der Waals surface area contributed by atoms with Gasteiger partial charge in [0.1, 0.15) is 6.79 Å². The summed E-state index contributed by atoms with van der Waals surface area (Å²) >= 11 is 0.